The number of carbonyl (C=O) groups excluding carboxylic acids is 1. The van der Waals surface area contributed by atoms with Gasteiger partial charge in [0, 0.05) is 36.9 Å². The number of carbonyl (C=O) groups is 1. The first-order chi connectivity index (χ1) is 14.1. The lowest BCUT2D eigenvalue weighted by Gasteiger charge is -2.38. The quantitative estimate of drug-likeness (QED) is 0.764. The van der Waals surface area contributed by atoms with E-state index in [9.17, 15) is 4.79 Å². The van der Waals surface area contributed by atoms with Gasteiger partial charge in [0.1, 0.15) is 0 Å². The Labute approximate surface area is 176 Å². The van der Waals surface area contributed by atoms with Crippen LogP contribution in [0.25, 0.3) is 6.08 Å². The van der Waals surface area contributed by atoms with Crippen molar-refractivity contribution in [2.45, 2.75) is 13.3 Å². The molecule has 29 heavy (non-hydrogen) atoms. The summed E-state index contributed by atoms with van der Waals surface area (Å²) in [5.74, 6) is 0.0510. The van der Waals surface area contributed by atoms with Crippen molar-refractivity contribution in [2.75, 3.05) is 37.7 Å². The van der Waals surface area contributed by atoms with Gasteiger partial charge < -0.3 is 4.90 Å². The Morgan fingerprint density at radius 2 is 1.79 bits per heavy atom. The molecule has 0 atom stereocenters. The zero-order valence-corrected chi connectivity index (χ0v) is 17.3. The van der Waals surface area contributed by atoms with E-state index in [0.717, 1.165) is 53.7 Å². The molecule has 1 amide bonds. The van der Waals surface area contributed by atoms with Crippen LogP contribution < -0.4 is 4.90 Å². The molecule has 0 bridgehead atoms. The minimum atomic E-state index is 0.0510. The van der Waals surface area contributed by atoms with Gasteiger partial charge in [0.2, 0.25) is 5.91 Å². The smallest absolute Gasteiger partial charge is 0.248 e. The Balaban J connectivity index is 1.37. The summed E-state index contributed by atoms with van der Waals surface area (Å²) in [6.07, 6.45) is 2.45. The summed E-state index contributed by atoms with van der Waals surface area (Å²) in [7, 11) is 0. The average Bonchev–Trinajstić information content (AvgIpc) is 2.73. The maximum absolute atomic E-state index is 12.7. The maximum atomic E-state index is 12.7. The number of nitrogens with zero attached hydrogens (tertiary/aromatic N) is 4. The zero-order valence-electron chi connectivity index (χ0n) is 16.6. The number of piperazine rings is 1. The SMILES string of the molecule is CC1=NN(CN2CCN(c3cccc(Cl)c3)CC2)C(=O)C/C1=C\c1ccccc1. The Kier molecular flexibility index (Phi) is 5.97. The number of anilines is 1. The second-order valence-electron chi connectivity index (χ2n) is 7.46. The summed E-state index contributed by atoms with van der Waals surface area (Å²) in [4.78, 5) is 17.3. The maximum Gasteiger partial charge on any atom is 0.248 e. The Morgan fingerprint density at radius 3 is 2.52 bits per heavy atom. The molecule has 0 unspecified atom stereocenters. The van der Waals surface area contributed by atoms with E-state index in [1.165, 1.54) is 0 Å². The van der Waals surface area contributed by atoms with Crippen LogP contribution in [-0.4, -0.2) is 54.4 Å². The van der Waals surface area contributed by atoms with Gasteiger partial charge in [-0.3, -0.25) is 9.69 Å². The Hall–Kier alpha value is -2.63. The predicted molar refractivity (Wildman–Crippen MR) is 119 cm³/mol. The number of halogens is 1. The minimum Gasteiger partial charge on any atom is -0.369 e. The molecule has 0 N–H and O–H groups in total. The molecule has 0 aliphatic carbocycles. The first-order valence-corrected chi connectivity index (χ1v) is 10.3. The van der Waals surface area contributed by atoms with Crippen LogP contribution in [0.2, 0.25) is 5.02 Å². The Morgan fingerprint density at radius 1 is 1.03 bits per heavy atom. The molecule has 1 fully saturated rings. The molecule has 2 aromatic rings. The number of benzene rings is 2. The van der Waals surface area contributed by atoms with Gasteiger partial charge in [-0.05, 0) is 42.3 Å². The van der Waals surface area contributed by atoms with Gasteiger partial charge in [0.25, 0.3) is 0 Å². The van der Waals surface area contributed by atoms with Crippen molar-refractivity contribution in [1.29, 1.82) is 0 Å². The highest BCUT2D eigenvalue weighted by atomic mass is 35.5. The van der Waals surface area contributed by atoms with E-state index in [2.05, 4.69) is 27.0 Å². The van der Waals surface area contributed by atoms with Gasteiger partial charge in [0.05, 0.1) is 18.8 Å². The normalized spacial score (nSPS) is 19.6. The molecule has 0 spiro atoms. The third-order valence-corrected chi connectivity index (χ3v) is 5.62. The van der Waals surface area contributed by atoms with Crippen LogP contribution in [0, 0.1) is 0 Å². The molecule has 5 nitrogen and oxygen atoms in total. The number of hydrazone groups is 1. The van der Waals surface area contributed by atoms with E-state index in [1.54, 1.807) is 5.01 Å². The summed E-state index contributed by atoms with van der Waals surface area (Å²) in [5, 5.41) is 6.96. The molecule has 150 valence electrons. The van der Waals surface area contributed by atoms with E-state index < -0.39 is 0 Å². The lowest BCUT2D eigenvalue weighted by atomic mass is 10.0. The van der Waals surface area contributed by atoms with Crippen molar-refractivity contribution in [3.05, 3.63) is 70.8 Å². The van der Waals surface area contributed by atoms with Crippen LogP contribution in [0.15, 0.2) is 65.3 Å². The summed E-state index contributed by atoms with van der Waals surface area (Å²) in [6.45, 7) is 6.10. The molecule has 2 aliphatic rings. The topological polar surface area (TPSA) is 39.1 Å². The van der Waals surface area contributed by atoms with Crippen LogP contribution in [0.1, 0.15) is 18.9 Å². The molecule has 1 saturated heterocycles. The molecular formula is C23H25ClN4O. The fourth-order valence-corrected chi connectivity index (χ4v) is 3.89. The van der Waals surface area contributed by atoms with Gasteiger partial charge in [-0.25, -0.2) is 5.01 Å². The van der Waals surface area contributed by atoms with Crippen LogP contribution in [0.3, 0.4) is 0 Å². The van der Waals surface area contributed by atoms with Crippen molar-refractivity contribution in [2.24, 2.45) is 5.10 Å². The number of rotatable bonds is 4. The van der Waals surface area contributed by atoms with Crippen LogP contribution in [0.4, 0.5) is 5.69 Å². The molecule has 6 heteroatoms. The third-order valence-electron chi connectivity index (χ3n) is 5.39. The van der Waals surface area contributed by atoms with Crippen LogP contribution >= 0.6 is 11.6 Å². The largest absolute Gasteiger partial charge is 0.369 e. The second kappa shape index (κ2) is 8.80. The number of hydrogen-bond acceptors (Lipinski definition) is 4. The van der Waals surface area contributed by atoms with E-state index >= 15 is 0 Å². The monoisotopic (exact) mass is 408 g/mol. The standard InChI is InChI=1S/C23H25ClN4O/c1-18-20(14-19-6-3-2-4-7-19)15-23(29)28(25-18)17-26-10-12-27(13-11-26)22-9-5-8-21(24)16-22/h2-9,14,16H,10-13,15,17H2,1H3/b20-14+. The summed E-state index contributed by atoms with van der Waals surface area (Å²) < 4.78 is 0. The van der Waals surface area contributed by atoms with Gasteiger partial charge in [-0.1, -0.05) is 48.0 Å². The van der Waals surface area contributed by atoms with Gasteiger partial charge >= 0.3 is 0 Å². The third kappa shape index (κ3) is 4.86. The van der Waals surface area contributed by atoms with Crippen molar-refractivity contribution >= 4 is 35.0 Å². The molecule has 2 heterocycles. The van der Waals surface area contributed by atoms with E-state index in [0.29, 0.717) is 13.1 Å². The van der Waals surface area contributed by atoms with Crippen molar-refractivity contribution in [3.63, 3.8) is 0 Å². The first kappa shape index (κ1) is 19.7. The van der Waals surface area contributed by atoms with Gasteiger partial charge in [-0.2, -0.15) is 5.10 Å². The van der Waals surface area contributed by atoms with Crippen molar-refractivity contribution < 1.29 is 4.79 Å². The summed E-state index contributed by atoms with van der Waals surface area (Å²) in [5.41, 5.74) is 4.14. The molecule has 0 radical (unpaired) electrons. The molecule has 2 aromatic carbocycles. The predicted octanol–water partition coefficient (Wildman–Crippen LogP) is 4.11. The fraction of sp³-hybridized carbons (Fsp3) is 0.304. The molecule has 0 aromatic heterocycles. The highest BCUT2D eigenvalue weighted by molar-refractivity contribution is 6.30. The lowest BCUT2D eigenvalue weighted by Crippen LogP contribution is -2.50. The number of hydrogen-bond donors (Lipinski definition) is 0. The molecule has 4 rings (SSSR count). The molecular weight excluding hydrogens is 384 g/mol. The summed E-state index contributed by atoms with van der Waals surface area (Å²) in [6, 6.07) is 18.0. The Bertz CT molecular complexity index is 933. The average molecular weight is 409 g/mol. The van der Waals surface area contributed by atoms with E-state index in [4.69, 9.17) is 11.6 Å². The lowest BCUT2D eigenvalue weighted by molar-refractivity contribution is -0.133. The highest BCUT2D eigenvalue weighted by Crippen LogP contribution is 2.22. The van der Waals surface area contributed by atoms with Gasteiger partial charge in [0.15, 0.2) is 0 Å². The zero-order chi connectivity index (χ0) is 20.2. The molecule has 0 saturated carbocycles. The van der Waals surface area contributed by atoms with E-state index in [1.807, 2.05) is 55.5 Å². The first-order valence-electron chi connectivity index (χ1n) is 9.93. The fourth-order valence-electron chi connectivity index (χ4n) is 3.71. The summed E-state index contributed by atoms with van der Waals surface area (Å²) >= 11 is 6.11. The van der Waals surface area contributed by atoms with E-state index in [-0.39, 0.29) is 5.91 Å². The van der Waals surface area contributed by atoms with Crippen molar-refractivity contribution in [3.8, 4) is 0 Å². The second-order valence-corrected chi connectivity index (χ2v) is 7.90. The van der Waals surface area contributed by atoms with Crippen LogP contribution in [-0.2, 0) is 4.79 Å². The van der Waals surface area contributed by atoms with Crippen LogP contribution in [0.5, 0.6) is 0 Å². The minimum absolute atomic E-state index is 0.0510. The van der Waals surface area contributed by atoms with Crippen molar-refractivity contribution in [1.82, 2.24) is 9.91 Å². The van der Waals surface area contributed by atoms with Gasteiger partial charge in [-0.15, -0.1) is 0 Å². The number of amides is 1. The molecule has 2 aliphatic heterocycles. The highest BCUT2D eigenvalue weighted by Gasteiger charge is 2.26.